The molecule has 0 aromatic carbocycles. The van der Waals surface area contributed by atoms with Gasteiger partial charge >= 0.3 is 5.97 Å². The van der Waals surface area contributed by atoms with Crippen LogP contribution in [0.1, 0.15) is 45.4 Å². The van der Waals surface area contributed by atoms with Gasteiger partial charge in [0.05, 0.1) is 5.92 Å². The predicted octanol–water partition coefficient (Wildman–Crippen LogP) is 3.17. The van der Waals surface area contributed by atoms with Crippen LogP contribution >= 0.6 is 0 Å². The van der Waals surface area contributed by atoms with Crippen LogP contribution in [0.5, 0.6) is 0 Å². The van der Waals surface area contributed by atoms with E-state index in [1.807, 2.05) is 0 Å². The molecule has 4 radical (unpaired) electrons. The molecule has 0 aliphatic heterocycles. The van der Waals surface area contributed by atoms with E-state index in [4.69, 9.17) is 18.6 Å². The van der Waals surface area contributed by atoms with Crippen LogP contribution in [0, 0.1) is 43.4 Å². The lowest BCUT2D eigenvalue weighted by molar-refractivity contribution is -0.169. The Labute approximate surface area is 110 Å². The standard InChI is InChI=1S/C16H22O2/c1-10-6-11(2)14(7-10)15(17)18-16(3)9-12-4-5-13(16)8-12/h1-2,10-14H,4-9H2,3H3. The molecule has 2 heteroatoms. The molecule has 18 heavy (non-hydrogen) atoms. The summed E-state index contributed by atoms with van der Waals surface area (Å²) >= 11 is 0. The minimum Gasteiger partial charge on any atom is -0.459 e. The first-order valence-corrected chi connectivity index (χ1v) is 7.22. The van der Waals surface area contributed by atoms with Crippen molar-refractivity contribution in [2.75, 3.05) is 0 Å². The normalized spacial score (nSPS) is 50.7. The van der Waals surface area contributed by atoms with Gasteiger partial charge in [0, 0.05) is 0 Å². The third-order valence-corrected chi connectivity index (χ3v) is 5.38. The van der Waals surface area contributed by atoms with Crippen molar-refractivity contribution in [3.8, 4) is 0 Å². The largest absolute Gasteiger partial charge is 0.459 e. The van der Waals surface area contributed by atoms with Crippen LogP contribution in [-0.4, -0.2) is 11.6 Å². The van der Waals surface area contributed by atoms with Gasteiger partial charge in [-0.15, -0.1) is 0 Å². The van der Waals surface area contributed by atoms with Crippen molar-refractivity contribution >= 4 is 5.97 Å². The molecule has 0 amide bonds. The summed E-state index contributed by atoms with van der Waals surface area (Å²) in [6.45, 7) is 14.0. The average molecular weight is 246 g/mol. The Morgan fingerprint density at radius 2 is 2.00 bits per heavy atom. The molecule has 0 aromatic heterocycles. The van der Waals surface area contributed by atoms with E-state index in [0.29, 0.717) is 12.3 Å². The van der Waals surface area contributed by atoms with E-state index < -0.39 is 0 Å². The van der Waals surface area contributed by atoms with Crippen molar-refractivity contribution < 1.29 is 9.53 Å². The maximum Gasteiger partial charge on any atom is 0.309 e. The third kappa shape index (κ3) is 1.98. The zero-order chi connectivity index (χ0) is 12.9. The fourth-order valence-electron chi connectivity index (χ4n) is 4.37. The summed E-state index contributed by atoms with van der Waals surface area (Å²) < 4.78 is 5.86. The van der Waals surface area contributed by atoms with Crippen LogP contribution in [0.3, 0.4) is 0 Å². The minimum atomic E-state index is -0.230. The van der Waals surface area contributed by atoms with Gasteiger partial charge in [0.1, 0.15) is 5.60 Å². The van der Waals surface area contributed by atoms with Crippen LogP contribution in [0.4, 0.5) is 0 Å². The Morgan fingerprint density at radius 1 is 1.22 bits per heavy atom. The Hall–Kier alpha value is -0.530. The van der Waals surface area contributed by atoms with Crippen molar-refractivity contribution in [1.82, 2.24) is 0 Å². The molecule has 3 rings (SSSR count). The number of ether oxygens (including phenoxy) is 1. The van der Waals surface area contributed by atoms with Gasteiger partial charge in [0.15, 0.2) is 0 Å². The van der Waals surface area contributed by atoms with E-state index in [0.717, 1.165) is 18.8 Å². The summed E-state index contributed by atoms with van der Waals surface area (Å²) in [5.74, 6) is 0.992. The minimum absolute atomic E-state index is 0.0605. The first-order valence-electron chi connectivity index (χ1n) is 7.22. The summed E-state index contributed by atoms with van der Waals surface area (Å²) in [5, 5.41) is 0. The molecule has 3 aliphatic rings. The fourth-order valence-corrected chi connectivity index (χ4v) is 4.37. The van der Waals surface area contributed by atoms with Crippen molar-refractivity contribution in [2.45, 2.75) is 51.0 Å². The van der Waals surface area contributed by atoms with E-state index in [2.05, 4.69) is 6.92 Å². The quantitative estimate of drug-likeness (QED) is 0.699. The zero-order valence-corrected chi connectivity index (χ0v) is 11.1. The van der Waals surface area contributed by atoms with Gasteiger partial charge in [-0.1, -0.05) is 0 Å². The van der Waals surface area contributed by atoms with Crippen molar-refractivity contribution in [3.05, 3.63) is 13.8 Å². The summed E-state index contributed by atoms with van der Waals surface area (Å²) in [6.07, 6.45) is 6.22. The highest BCUT2D eigenvalue weighted by Crippen LogP contribution is 2.53. The first-order chi connectivity index (χ1) is 8.48. The Balaban J connectivity index is 1.64. The van der Waals surface area contributed by atoms with Crippen LogP contribution < -0.4 is 0 Å². The van der Waals surface area contributed by atoms with E-state index in [1.165, 1.54) is 19.3 Å². The summed E-state index contributed by atoms with van der Waals surface area (Å²) in [7, 11) is 0. The molecule has 3 aliphatic carbocycles. The highest BCUT2D eigenvalue weighted by Gasteiger charge is 2.51. The van der Waals surface area contributed by atoms with Crippen LogP contribution in [0.25, 0.3) is 0 Å². The topological polar surface area (TPSA) is 26.3 Å². The average Bonchev–Trinajstić information content (AvgIpc) is 2.92. The second-order valence-corrected chi connectivity index (χ2v) is 6.82. The molecule has 3 fully saturated rings. The van der Waals surface area contributed by atoms with Crippen LogP contribution in [0.15, 0.2) is 0 Å². The van der Waals surface area contributed by atoms with Crippen LogP contribution in [-0.2, 0) is 9.53 Å². The number of esters is 1. The van der Waals surface area contributed by atoms with Gasteiger partial charge in [-0.2, -0.15) is 0 Å². The molecule has 0 heterocycles. The number of rotatable bonds is 2. The lowest BCUT2D eigenvalue weighted by Gasteiger charge is -2.35. The molecule has 0 spiro atoms. The predicted molar refractivity (Wildman–Crippen MR) is 68.2 cm³/mol. The SMILES string of the molecule is [CH]C1CC([CH])C(C(=O)OC2(C)CC3CCC2C3)C1. The number of carbonyl (C=O) groups excluding carboxylic acids is 1. The second-order valence-electron chi connectivity index (χ2n) is 6.82. The molecule has 6 unspecified atom stereocenters. The van der Waals surface area contributed by atoms with Crippen molar-refractivity contribution in [2.24, 2.45) is 29.6 Å². The van der Waals surface area contributed by atoms with Gasteiger partial charge in [-0.25, -0.2) is 0 Å². The van der Waals surface area contributed by atoms with Crippen molar-refractivity contribution in [1.29, 1.82) is 0 Å². The van der Waals surface area contributed by atoms with Gasteiger partial charge in [-0.05, 0) is 83.0 Å². The van der Waals surface area contributed by atoms with E-state index >= 15 is 0 Å². The smallest absolute Gasteiger partial charge is 0.309 e. The van der Waals surface area contributed by atoms with E-state index in [9.17, 15) is 4.79 Å². The van der Waals surface area contributed by atoms with Gasteiger partial charge in [0.25, 0.3) is 0 Å². The molecule has 0 saturated heterocycles. The summed E-state index contributed by atoms with van der Waals surface area (Å²) in [6, 6.07) is 0. The number of fused-ring (bicyclic) bond motifs is 2. The van der Waals surface area contributed by atoms with Gasteiger partial charge < -0.3 is 4.74 Å². The lowest BCUT2D eigenvalue weighted by atomic mass is 9.85. The summed E-state index contributed by atoms with van der Waals surface area (Å²) in [5.41, 5.74) is -0.230. The van der Waals surface area contributed by atoms with Crippen LogP contribution in [0.2, 0.25) is 0 Å². The monoisotopic (exact) mass is 246 g/mol. The zero-order valence-electron chi connectivity index (χ0n) is 11.1. The maximum absolute atomic E-state index is 12.3. The Kier molecular flexibility index (Phi) is 2.95. The Bertz CT molecular complexity index is 351. The van der Waals surface area contributed by atoms with E-state index in [-0.39, 0.29) is 29.3 Å². The molecule has 2 bridgehead atoms. The summed E-state index contributed by atoms with van der Waals surface area (Å²) in [4.78, 5) is 12.3. The van der Waals surface area contributed by atoms with Gasteiger partial charge in [-0.3, -0.25) is 4.79 Å². The highest BCUT2D eigenvalue weighted by molar-refractivity contribution is 5.74. The maximum atomic E-state index is 12.3. The number of carbonyl (C=O) groups is 1. The Morgan fingerprint density at radius 3 is 2.50 bits per heavy atom. The molecule has 2 nitrogen and oxygen atoms in total. The molecule has 0 N–H and O–H groups in total. The van der Waals surface area contributed by atoms with Crippen molar-refractivity contribution in [3.63, 3.8) is 0 Å². The number of hydrogen-bond donors (Lipinski definition) is 0. The second kappa shape index (κ2) is 4.25. The number of hydrogen-bond acceptors (Lipinski definition) is 2. The highest BCUT2D eigenvalue weighted by atomic mass is 16.6. The first kappa shape index (κ1) is 12.5. The van der Waals surface area contributed by atoms with E-state index in [1.54, 1.807) is 0 Å². The lowest BCUT2D eigenvalue weighted by Crippen LogP contribution is -2.39. The molecular formula is C16H22O2. The molecule has 6 atom stereocenters. The fraction of sp³-hybridized carbons (Fsp3) is 0.812. The molecule has 3 saturated carbocycles. The van der Waals surface area contributed by atoms with Gasteiger partial charge in [0.2, 0.25) is 0 Å². The molecule has 98 valence electrons. The molecular weight excluding hydrogens is 224 g/mol. The third-order valence-electron chi connectivity index (χ3n) is 5.38. The molecule has 0 aromatic rings.